The number of guanidine groups is 1. The van der Waals surface area contributed by atoms with E-state index in [1.54, 1.807) is 12.1 Å². The van der Waals surface area contributed by atoms with Gasteiger partial charge in [-0.15, -0.1) is 0 Å². The number of benzene rings is 2. The molecule has 2 N–H and O–H groups in total. The van der Waals surface area contributed by atoms with E-state index in [9.17, 15) is 0 Å². The van der Waals surface area contributed by atoms with Gasteiger partial charge in [-0.2, -0.15) is 4.98 Å². The van der Waals surface area contributed by atoms with E-state index in [0.717, 1.165) is 17.7 Å². The lowest BCUT2D eigenvalue weighted by Crippen LogP contribution is -2.39. The maximum atomic E-state index is 5.91. The van der Waals surface area contributed by atoms with Gasteiger partial charge < -0.3 is 19.9 Å². The first-order chi connectivity index (χ1) is 14.2. The second-order valence-electron chi connectivity index (χ2n) is 6.18. The average molecular weight is 414 g/mol. The van der Waals surface area contributed by atoms with Gasteiger partial charge in [-0.05, 0) is 36.8 Å². The third-order valence-electron chi connectivity index (χ3n) is 3.94. The molecule has 0 radical (unpaired) electrons. The van der Waals surface area contributed by atoms with Crippen LogP contribution in [0.25, 0.3) is 11.4 Å². The number of hydrogen-bond donors (Lipinski definition) is 2. The first kappa shape index (κ1) is 20.8. The highest BCUT2D eigenvalue weighted by atomic mass is 35.5. The molecule has 0 aliphatic heterocycles. The van der Waals surface area contributed by atoms with Crippen molar-refractivity contribution >= 4 is 17.6 Å². The molecule has 0 saturated heterocycles. The number of aromatic nitrogens is 2. The topological polar surface area (TPSA) is 84.6 Å². The number of halogens is 1. The Hall–Kier alpha value is -2.90. The van der Waals surface area contributed by atoms with Crippen molar-refractivity contribution in [3.05, 3.63) is 71.1 Å². The fourth-order valence-corrected chi connectivity index (χ4v) is 2.66. The molecule has 29 heavy (non-hydrogen) atoms. The summed E-state index contributed by atoms with van der Waals surface area (Å²) in [6.07, 6.45) is 0. The molecule has 0 fully saturated rings. The van der Waals surface area contributed by atoms with Gasteiger partial charge in [0.05, 0.1) is 13.2 Å². The number of ether oxygens (including phenoxy) is 1. The third-order valence-corrected chi connectivity index (χ3v) is 4.19. The van der Waals surface area contributed by atoms with E-state index in [4.69, 9.17) is 20.9 Å². The molecule has 3 rings (SSSR count). The summed E-state index contributed by atoms with van der Waals surface area (Å²) in [6.45, 7) is 4.83. The van der Waals surface area contributed by atoms with Gasteiger partial charge in [0, 0.05) is 23.7 Å². The van der Waals surface area contributed by atoms with E-state index in [-0.39, 0.29) is 6.54 Å². The van der Waals surface area contributed by atoms with Crippen LogP contribution < -0.4 is 10.6 Å². The van der Waals surface area contributed by atoms with Crippen molar-refractivity contribution in [3.63, 3.8) is 0 Å². The Bertz CT molecular complexity index is 897. The van der Waals surface area contributed by atoms with Crippen LogP contribution in [0.15, 0.2) is 64.1 Å². The zero-order valence-electron chi connectivity index (χ0n) is 16.3. The summed E-state index contributed by atoms with van der Waals surface area (Å²) in [6, 6.07) is 17.4. The Labute approximate surface area is 175 Å². The van der Waals surface area contributed by atoms with Gasteiger partial charge in [0.15, 0.2) is 5.96 Å². The van der Waals surface area contributed by atoms with Gasteiger partial charge in [-0.3, -0.25) is 0 Å². The van der Waals surface area contributed by atoms with Crippen LogP contribution in [0.1, 0.15) is 18.4 Å². The summed E-state index contributed by atoms with van der Waals surface area (Å²) >= 11 is 5.91. The highest BCUT2D eigenvalue weighted by Crippen LogP contribution is 2.18. The standard InChI is InChI=1S/C21H24ClN5O2/c1-2-23-21(24-12-13-28-15-16-6-4-3-5-7-16)25-14-19-26-20(27-29-19)17-8-10-18(22)11-9-17/h3-11H,2,12-15H2,1H3,(H2,23,24,25). The minimum Gasteiger partial charge on any atom is -0.375 e. The SMILES string of the molecule is CCNC(=NCc1nc(-c2ccc(Cl)cc2)no1)NCCOCc1ccccc1. The first-order valence-corrected chi connectivity index (χ1v) is 9.85. The molecule has 0 spiro atoms. The smallest absolute Gasteiger partial charge is 0.248 e. The second kappa shape index (κ2) is 11.2. The zero-order chi connectivity index (χ0) is 20.3. The maximum Gasteiger partial charge on any atom is 0.248 e. The fraction of sp³-hybridized carbons (Fsp3) is 0.286. The Kier molecular flexibility index (Phi) is 8.03. The van der Waals surface area contributed by atoms with Gasteiger partial charge in [-0.1, -0.05) is 47.1 Å². The van der Waals surface area contributed by atoms with E-state index in [0.29, 0.717) is 42.5 Å². The Morgan fingerprint density at radius 1 is 1.10 bits per heavy atom. The summed E-state index contributed by atoms with van der Waals surface area (Å²) < 4.78 is 11.0. The fourth-order valence-electron chi connectivity index (χ4n) is 2.53. The Morgan fingerprint density at radius 2 is 1.90 bits per heavy atom. The van der Waals surface area contributed by atoms with Gasteiger partial charge in [0.2, 0.25) is 11.7 Å². The van der Waals surface area contributed by atoms with Crippen LogP contribution >= 0.6 is 11.6 Å². The highest BCUT2D eigenvalue weighted by molar-refractivity contribution is 6.30. The molecule has 0 amide bonds. The number of hydrogen-bond acceptors (Lipinski definition) is 5. The summed E-state index contributed by atoms with van der Waals surface area (Å²) in [4.78, 5) is 8.86. The van der Waals surface area contributed by atoms with E-state index in [1.807, 2.05) is 49.4 Å². The minimum absolute atomic E-state index is 0.279. The van der Waals surface area contributed by atoms with Gasteiger partial charge in [-0.25, -0.2) is 4.99 Å². The quantitative estimate of drug-likeness (QED) is 0.316. The molecule has 1 aromatic heterocycles. The van der Waals surface area contributed by atoms with Crippen LogP contribution in [0.3, 0.4) is 0 Å². The molecule has 0 unspecified atom stereocenters. The Balaban J connectivity index is 1.46. The van der Waals surface area contributed by atoms with Crippen molar-refractivity contribution in [2.45, 2.75) is 20.1 Å². The average Bonchev–Trinajstić information content (AvgIpc) is 3.22. The van der Waals surface area contributed by atoms with E-state index in [2.05, 4.69) is 25.8 Å². The predicted molar refractivity (Wildman–Crippen MR) is 114 cm³/mol. The number of nitrogens with one attached hydrogen (secondary N) is 2. The number of aliphatic imine (C=N–C) groups is 1. The van der Waals surface area contributed by atoms with Crippen molar-refractivity contribution in [2.24, 2.45) is 4.99 Å². The summed E-state index contributed by atoms with van der Waals surface area (Å²) in [5.41, 5.74) is 2.00. The second-order valence-corrected chi connectivity index (χ2v) is 6.62. The molecule has 7 nitrogen and oxygen atoms in total. The van der Waals surface area contributed by atoms with E-state index < -0.39 is 0 Å². The molecule has 0 saturated carbocycles. The summed E-state index contributed by atoms with van der Waals surface area (Å²) in [5, 5.41) is 11.1. The van der Waals surface area contributed by atoms with Crippen LogP contribution in [0.5, 0.6) is 0 Å². The number of nitrogens with zero attached hydrogens (tertiary/aromatic N) is 3. The summed E-state index contributed by atoms with van der Waals surface area (Å²) in [5.74, 6) is 1.62. The molecule has 152 valence electrons. The summed E-state index contributed by atoms with van der Waals surface area (Å²) in [7, 11) is 0. The molecular weight excluding hydrogens is 390 g/mol. The molecular formula is C21H24ClN5O2. The molecule has 8 heteroatoms. The van der Waals surface area contributed by atoms with Crippen molar-refractivity contribution in [1.29, 1.82) is 0 Å². The van der Waals surface area contributed by atoms with Crippen LogP contribution in [-0.4, -0.2) is 35.8 Å². The van der Waals surface area contributed by atoms with Crippen molar-refractivity contribution < 1.29 is 9.26 Å². The lowest BCUT2D eigenvalue weighted by atomic mass is 10.2. The Morgan fingerprint density at radius 3 is 2.66 bits per heavy atom. The first-order valence-electron chi connectivity index (χ1n) is 9.47. The van der Waals surface area contributed by atoms with E-state index in [1.165, 1.54) is 0 Å². The molecule has 3 aromatic rings. The van der Waals surface area contributed by atoms with E-state index >= 15 is 0 Å². The van der Waals surface area contributed by atoms with Crippen molar-refractivity contribution in [3.8, 4) is 11.4 Å². The normalized spacial score (nSPS) is 11.4. The molecule has 0 aliphatic carbocycles. The lowest BCUT2D eigenvalue weighted by molar-refractivity contribution is 0.125. The lowest BCUT2D eigenvalue weighted by Gasteiger charge is -2.11. The molecule has 0 atom stereocenters. The molecule has 2 aromatic carbocycles. The highest BCUT2D eigenvalue weighted by Gasteiger charge is 2.08. The largest absolute Gasteiger partial charge is 0.375 e. The van der Waals surface area contributed by atoms with Crippen LogP contribution in [0.4, 0.5) is 0 Å². The van der Waals surface area contributed by atoms with Crippen LogP contribution in [0, 0.1) is 0 Å². The van der Waals surface area contributed by atoms with Gasteiger partial charge in [0.25, 0.3) is 0 Å². The molecule has 0 aliphatic rings. The van der Waals surface area contributed by atoms with Crippen molar-refractivity contribution in [1.82, 2.24) is 20.8 Å². The predicted octanol–water partition coefficient (Wildman–Crippen LogP) is 3.66. The van der Waals surface area contributed by atoms with Crippen LogP contribution in [-0.2, 0) is 17.9 Å². The molecule has 0 bridgehead atoms. The third kappa shape index (κ3) is 6.89. The molecule has 1 heterocycles. The van der Waals surface area contributed by atoms with Crippen molar-refractivity contribution in [2.75, 3.05) is 19.7 Å². The maximum absolute atomic E-state index is 5.91. The number of rotatable bonds is 9. The monoisotopic (exact) mass is 413 g/mol. The van der Waals surface area contributed by atoms with Gasteiger partial charge >= 0.3 is 0 Å². The van der Waals surface area contributed by atoms with Crippen LogP contribution in [0.2, 0.25) is 5.02 Å². The van der Waals surface area contributed by atoms with Gasteiger partial charge in [0.1, 0.15) is 6.54 Å². The zero-order valence-corrected chi connectivity index (χ0v) is 17.0. The minimum atomic E-state index is 0.279.